The summed E-state index contributed by atoms with van der Waals surface area (Å²) in [5.41, 5.74) is 1.65. The van der Waals surface area contributed by atoms with E-state index in [2.05, 4.69) is 25.7 Å². The summed E-state index contributed by atoms with van der Waals surface area (Å²) in [6.07, 6.45) is 6.89. The van der Waals surface area contributed by atoms with Crippen LogP contribution in [0.4, 0.5) is 4.79 Å². The van der Waals surface area contributed by atoms with Gasteiger partial charge in [0.1, 0.15) is 11.6 Å². The molecule has 0 saturated heterocycles. The minimum atomic E-state index is -3.96. The average Bonchev–Trinajstić information content (AvgIpc) is 3.78. The van der Waals surface area contributed by atoms with Crippen molar-refractivity contribution in [3.8, 4) is 0 Å². The first-order valence-corrected chi connectivity index (χ1v) is 17.1. The standard InChI is InChI=1S/C33H42N6O6S/c1-18(2)15-36-46(43,44)28-13-23-26(38-30(40)21-8-7-11-34-16-21)14-27(39-32(42)37-19(3)31(41)45-33(4,5)6)29(23)24-17-35-25(12-22(24)28)20-9-10-20/h7-8,11-13,16-20,26-27,36H,9-10,14-15H2,1-6H3,(H,38,40)(H2,37,39,42)/t19?,26-,27-/m1/s1. The summed E-state index contributed by atoms with van der Waals surface area (Å²) in [4.78, 5) is 47.9. The van der Waals surface area contributed by atoms with E-state index in [0.29, 0.717) is 27.5 Å². The molecule has 2 aromatic heterocycles. The highest BCUT2D eigenvalue weighted by atomic mass is 32.2. The number of rotatable bonds is 10. The SMILES string of the molecule is CC(C)CNS(=O)(=O)c1cc2c(c3cnc(C4CC4)cc13)[C@H](NC(=O)NC(C)C(=O)OC(C)(C)C)C[C@H]2NC(=O)c1cccnc1. The average molecular weight is 651 g/mol. The molecule has 0 spiro atoms. The zero-order valence-electron chi connectivity index (χ0n) is 27.0. The molecule has 5 rings (SSSR count). The molecule has 1 aromatic carbocycles. The molecule has 1 fully saturated rings. The summed E-state index contributed by atoms with van der Waals surface area (Å²) >= 11 is 0. The molecule has 3 atom stereocenters. The molecule has 0 radical (unpaired) electrons. The highest BCUT2D eigenvalue weighted by Crippen LogP contribution is 2.46. The molecule has 2 heterocycles. The number of carbonyl (C=O) groups excluding carboxylic acids is 3. The Hall–Kier alpha value is -4.10. The lowest BCUT2D eigenvalue weighted by molar-refractivity contribution is -0.156. The van der Waals surface area contributed by atoms with Crippen LogP contribution in [0.15, 0.2) is 47.8 Å². The van der Waals surface area contributed by atoms with Crippen molar-refractivity contribution < 1.29 is 27.5 Å². The number of esters is 1. The second-order valence-corrected chi connectivity index (χ2v) is 15.2. The van der Waals surface area contributed by atoms with E-state index in [0.717, 1.165) is 18.5 Å². The lowest BCUT2D eigenvalue weighted by atomic mass is 9.98. The fourth-order valence-electron chi connectivity index (χ4n) is 5.53. The minimum absolute atomic E-state index is 0.0841. The Labute approximate surface area is 269 Å². The fourth-order valence-corrected chi connectivity index (χ4v) is 6.98. The highest BCUT2D eigenvalue weighted by Gasteiger charge is 2.38. The third-order valence-electron chi connectivity index (χ3n) is 7.88. The van der Waals surface area contributed by atoms with E-state index in [-0.39, 0.29) is 29.7 Å². The van der Waals surface area contributed by atoms with Crippen molar-refractivity contribution >= 4 is 38.7 Å². The Morgan fingerprint density at radius 1 is 1.02 bits per heavy atom. The summed E-state index contributed by atoms with van der Waals surface area (Å²) in [7, 11) is -3.96. The van der Waals surface area contributed by atoms with Gasteiger partial charge in [0.25, 0.3) is 5.91 Å². The van der Waals surface area contributed by atoms with Gasteiger partial charge in [0.05, 0.1) is 22.5 Å². The molecule has 0 bridgehead atoms. The van der Waals surface area contributed by atoms with Gasteiger partial charge in [-0.25, -0.2) is 22.7 Å². The first-order valence-electron chi connectivity index (χ1n) is 15.6. The molecule has 2 aliphatic rings. The number of urea groups is 1. The second kappa shape index (κ2) is 13.0. The van der Waals surface area contributed by atoms with Crippen molar-refractivity contribution in [2.75, 3.05) is 6.54 Å². The first kappa shape index (κ1) is 33.3. The van der Waals surface area contributed by atoms with E-state index in [1.54, 1.807) is 51.4 Å². The predicted octanol–water partition coefficient (Wildman–Crippen LogP) is 4.39. The zero-order valence-corrected chi connectivity index (χ0v) is 27.8. The summed E-state index contributed by atoms with van der Waals surface area (Å²) in [5.74, 6) is -0.613. The van der Waals surface area contributed by atoms with Crippen molar-refractivity contribution in [1.29, 1.82) is 0 Å². The van der Waals surface area contributed by atoms with Crippen LogP contribution in [0.1, 0.15) is 106 Å². The first-order chi connectivity index (χ1) is 21.6. The predicted molar refractivity (Wildman–Crippen MR) is 173 cm³/mol. The van der Waals surface area contributed by atoms with E-state index < -0.39 is 51.7 Å². The van der Waals surface area contributed by atoms with Crippen LogP contribution in [-0.4, -0.2) is 54.5 Å². The largest absolute Gasteiger partial charge is 0.458 e. The van der Waals surface area contributed by atoms with Crippen LogP contribution in [0.2, 0.25) is 0 Å². The number of hydrogen-bond donors (Lipinski definition) is 4. The van der Waals surface area contributed by atoms with Gasteiger partial charge in [-0.05, 0) is 88.3 Å². The Balaban J connectivity index is 1.56. The lowest BCUT2D eigenvalue weighted by Crippen LogP contribution is -2.47. The number of ether oxygens (including phenoxy) is 1. The second-order valence-electron chi connectivity index (χ2n) is 13.5. The van der Waals surface area contributed by atoms with Gasteiger partial charge < -0.3 is 20.7 Å². The number of nitrogens with zero attached hydrogens (tertiary/aromatic N) is 2. The van der Waals surface area contributed by atoms with Crippen LogP contribution >= 0.6 is 0 Å². The van der Waals surface area contributed by atoms with Crippen molar-refractivity contribution in [3.05, 3.63) is 65.2 Å². The number of benzene rings is 1. The normalized spacial score (nSPS) is 18.6. The molecular weight excluding hydrogens is 608 g/mol. The minimum Gasteiger partial charge on any atom is -0.458 e. The van der Waals surface area contributed by atoms with Crippen LogP contribution in [0.3, 0.4) is 0 Å². The van der Waals surface area contributed by atoms with Crippen LogP contribution in [0.5, 0.6) is 0 Å². The third kappa shape index (κ3) is 7.64. The molecule has 46 heavy (non-hydrogen) atoms. The maximum atomic E-state index is 13.8. The Morgan fingerprint density at radius 3 is 2.39 bits per heavy atom. The maximum absolute atomic E-state index is 13.8. The molecule has 13 heteroatoms. The van der Waals surface area contributed by atoms with Gasteiger partial charge >= 0.3 is 12.0 Å². The number of amides is 3. The van der Waals surface area contributed by atoms with Crippen molar-refractivity contribution in [2.45, 2.75) is 95.3 Å². The van der Waals surface area contributed by atoms with Gasteiger partial charge in [-0.1, -0.05) is 13.8 Å². The summed E-state index contributed by atoms with van der Waals surface area (Å²) < 4.78 is 35.7. The Bertz CT molecular complexity index is 1750. The molecule has 3 aromatic rings. The molecule has 0 aliphatic heterocycles. The number of hydrogen-bond acceptors (Lipinski definition) is 8. The van der Waals surface area contributed by atoms with E-state index in [1.165, 1.54) is 13.1 Å². The van der Waals surface area contributed by atoms with Gasteiger partial charge in [0.2, 0.25) is 10.0 Å². The number of nitrogens with one attached hydrogen (secondary N) is 4. The monoisotopic (exact) mass is 650 g/mol. The number of aromatic nitrogens is 2. The topological polar surface area (TPSA) is 168 Å². The Morgan fingerprint density at radius 2 is 1.76 bits per heavy atom. The highest BCUT2D eigenvalue weighted by molar-refractivity contribution is 7.89. The summed E-state index contributed by atoms with van der Waals surface area (Å²) in [5, 5.41) is 9.67. The molecule has 4 N–H and O–H groups in total. The van der Waals surface area contributed by atoms with E-state index >= 15 is 0 Å². The molecule has 1 saturated carbocycles. The van der Waals surface area contributed by atoms with Crippen LogP contribution < -0.4 is 20.7 Å². The van der Waals surface area contributed by atoms with Gasteiger partial charge in [0, 0.05) is 47.5 Å². The van der Waals surface area contributed by atoms with E-state index in [4.69, 9.17) is 9.72 Å². The lowest BCUT2D eigenvalue weighted by Gasteiger charge is -2.23. The summed E-state index contributed by atoms with van der Waals surface area (Å²) in [6.45, 7) is 10.9. The number of sulfonamides is 1. The summed E-state index contributed by atoms with van der Waals surface area (Å²) in [6, 6.07) is 3.89. The number of fused-ring (bicyclic) bond motifs is 3. The van der Waals surface area contributed by atoms with Crippen molar-refractivity contribution in [3.63, 3.8) is 0 Å². The van der Waals surface area contributed by atoms with E-state index in [9.17, 15) is 22.8 Å². The fraction of sp³-hybridized carbons (Fsp3) is 0.485. The molecule has 12 nitrogen and oxygen atoms in total. The molecule has 246 valence electrons. The van der Waals surface area contributed by atoms with Gasteiger partial charge in [-0.2, -0.15) is 0 Å². The van der Waals surface area contributed by atoms with Crippen molar-refractivity contribution in [2.24, 2.45) is 5.92 Å². The quantitative estimate of drug-likeness (QED) is 0.234. The molecule has 3 amide bonds. The van der Waals surface area contributed by atoms with Crippen LogP contribution in [0.25, 0.3) is 10.8 Å². The van der Waals surface area contributed by atoms with Crippen LogP contribution in [-0.2, 0) is 19.6 Å². The number of pyridine rings is 2. The smallest absolute Gasteiger partial charge is 0.328 e. The van der Waals surface area contributed by atoms with Gasteiger partial charge in [-0.15, -0.1) is 0 Å². The van der Waals surface area contributed by atoms with E-state index in [1.807, 2.05) is 19.9 Å². The van der Waals surface area contributed by atoms with Gasteiger partial charge in [0.15, 0.2) is 0 Å². The third-order valence-corrected chi connectivity index (χ3v) is 9.35. The van der Waals surface area contributed by atoms with Crippen molar-refractivity contribution in [1.82, 2.24) is 30.6 Å². The zero-order chi connectivity index (χ0) is 33.4. The van der Waals surface area contributed by atoms with Gasteiger partial charge in [-0.3, -0.25) is 14.8 Å². The van der Waals surface area contributed by atoms with Crippen LogP contribution in [0, 0.1) is 5.92 Å². The molecule has 2 aliphatic carbocycles. The molecular formula is C33H42N6O6S. The Kier molecular flexibility index (Phi) is 9.37. The number of carbonyl (C=O) groups is 3. The molecule has 1 unspecified atom stereocenters. The maximum Gasteiger partial charge on any atom is 0.328 e.